The van der Waals surface area contributed by atoms with Gasteiger partial charge in [0.15, 0.2) is 6.29 Å². The van der Waals surface area contributed by atoms with Gasteiger partial charge in [-0.3, -0.25) is 4.79 Å². The molecular weight excluding hydrogens is 412 g/mol. The highest BCUT2D eigenvalue weighted by atomic mass is 16.7. The van der Waals surface area contributed by atoms with Crippen molar-refractivity contribution in [1.82, 2.24) is 0 Å². The highest BCUT2D eigenvalue weighted by Crippen LogP contribution is 2.66. The van der Waals surface area contributed by atoms with Gasteiger partial charge >= 0.3 is 0 Å². The van der Waals surface area contributed by atoms with Crippen LogP contribution >= 0.6 is 0 Å². The molecule has 5 rings (SSSR count). The van der Waals surface area contributed by atoms with Crippen molar-refractivity contribution in [3.63, 3.8) is 0 Å². The molecular formula is C25H40O7. The van der Waals surface area contributed by atoms with Crippen LogP contribution < -0.4 is 0 Å². The van der Waals surface area contributed by atoms with E-state index >= 15 is 0 Å². The summed E-state index contributed by atoms with van der Waals surface area (Å²) in [5.41, 5.74) is 0.252. The van der Waals surface area contributed by atoms with Crippen LogP contribution in [-0.4, -0.2) is 69.6 Å². The molecule has 182 valence electrons. The molecule has 0 bridgehead atoms. The van der Waals surface area contributed by atoms with Crippen LogP contribution in [0.1, 0.15) is 71.6 Å². The molecule has 0 aromatic carbocycles. The minimum Gasteiger partial charge on any atom is -0.394 e. The number of aliphatic hydroxyl groups is 4. The minimum atomic E-state index is -1.41. The molecule has 4 saturated carbocycles. The molecule has 0 radical (unpaired) electrons. The zero-order valence-electron chi connectivity index (χ0n) is 19.4. The van der Waals surface area contributed by atoms with Gasteiger partial charge in [0.1, 0.15) is 30.2 Å². The van der Waals surface area contributed by atoms with E-state index < -0.39 is 37.3 Å². The quantitative estimate of drug-likeness (QED) is 0.516. The molecule has 0 spiro atoms. The Hall–Kier alpha value is -0.570. The van der Waals surface area contributed by atoms with E-state index in [9.17, 15) is 25.2 Å². The maximum absolute atomic E-state index is 12.1. The number of ether oxygens (including phenoxy) is 2. The summed E-state index contributed by atoms with van der Waals surface area (Å²) in [6.45, 7) is 4.32. The summed E-state index contributed by atoms with van der Waals surface area (Å²) in [5, 5.41) is 40.2. The van der Waals surface area contributed by atoms with E-state index in [1.165, 1.54) is 6.42 Å². The number of rotatable bonds is 3. The summed E-state index contributed by atoms with van der Waals surface area (Å²) in [6.07, 6.45) is 2.84. The number of carbonyl (C=O) groups excluding carboxylic acids is 1. The fourth-order valence-corrected chi connectivity index (χ4v) is 8.56. The lowest BCUT2D eigenvalue weighted by Gasteiger charge is -2.60. The van der Waals surface area contributed by atoms with E-state index in [1.807, 2.05) is 0 Å². The highest BCUT2D eigenvalue weighted by Gasteiger charge is 2.61. The zero-order chi connectivity index (χ0) is 22.8. The Balaban J connectivity index is 1.32. The SMILES string of the molecule is C[C@]12CCC(=O)C[C@@H]1CC[C@@H]1[C@@H]2CC[C@]2(C)[C@@H](O[C@H]3O[C@H](CO)[C@@H](O)[C@H](O)[C@H]3O)CC[C@@H]12. The van der Waals surface area contributed by atoms with Crippen LogP contribution in [0.25, 0.3) is 0 Å². The summed E-state index contributed by atoms with van der Waals surface area (Å²) < 4.78 is 12.0. The number of carbonyl (C=O) groups is 1. The fraction of sp³-hybridized carbons (Fsp3) is 0.960. The molecule has 1 aliphatic heterocycles. The summed E-state index contributed by atoms with van der Waals surface area (Å²) in [6, 6.07) is 0. The second-order valence-electron chi connectivity index (χ2n) is 11.8. The lowest BCUT2D eigenvalue weighted by molar-refractivity contribution is -0.319. The van der Waals surface area contributed by atoms with Gasteiger partial charge in [-0.1, -0.05) is 13.8 Å². The van der Waals surface area contributed by atoms with Crippen LogP contribution in [-0.2, 0) is 14.3 Å². The maximum Gasteiger partial charge on any atom is 0.186 e. The molecule has 12 atom stereocenters. The normalized spacial score (nSPS) is 55.8. The lowest BCUT2D eigenvalue weighted by Crippen LogP contribution is -2.60. The van der Waals surface area contributed by atoms with Gasteiger partial charge in [-0.05, 0) is 79.4 Å². The lowest BCUT2D eigenvalue weighted by atomic mass is 9.45. The van der Waals surface area contributed by atoms with Gasteiger partial charge in [-0.2, -0.15) is 0 Å². The van der Waals surface area contributed by atoms with Gasteiger partial charge in [0.05, 0.1) is 12.7 Å². The molecule has 7 nitrogen and oxygen atoms in total. The van der Waals surface area contributed by atoms with Gasteiger partial charge in [-0.15, -0.1) is 0 Å². The molecule has 1 saturated heterocycles. The summed E-state index contributed by atoms with van der Waals surface area (Å²) in [5.74, 6) is 2.84. The molecule has 7 heteroatoms. The predicted octanol–water partition coefficient (Wildman–Crippen LogP) is 1.78. The number of hydrogen-bond donors (Lipinski definition) is 4. The van der Waals surface area contributed by atoms with Crippen molar-refractivity contribution >= 4 is 5.78 Å². The smallest absolute Gasteiger partial charge is 0.186 e. The van der Waals surface area contributed by atoms with Crippen LogP contribution in [0.3, 0.4) is 0 Å². The number of aliphatic hydroxyl groups excluding tert-OH is 4. The van der Waals surface area contributed by atoms with Gasteiger partial charge in [0.2, 0.25) is 0 Å². The molecule has 0 aromatic rings. The van der Waals surface area contributed by atoms with E-state index in [0.29, 0.717) is 29.5 Å². The Kier molecular flexibility index (Phi) is 6.00. The number of hydrogen-bond acceptors (Lipinski definition) is 7. The summed E-state index contributed by atoms with van der Waals surface area (Å²) >= 11 is 0. The number of ketones is 1. The molecule has 32 heavy (non-hydrogen) atoms. The summed E-state index contributed by atoms with van der Waals surface area (Å²) in [7, 11) is 0. The molecule has 5 aliphatic rings. The Bertz CT molecular complexity index is 727. The first kappa shape index (κ1) is 23.2. The predicted molar refractivity (Wildman–Crippen MR) is 115 cm³/mol. The van der Waals surface area contributed by atoms with Crippen molar-refractivity contribution in [2.45, 2.75) is 108 Å². The number of Topliss-reactive ketones (excluding diaryl/α,β-unsaturated/α-hetero) is 1. The second kappa shape index (κ2) is 8.28. The van der Waals surface area contributed by atoms with Gasteiger partial charge in [-0.25, -0.2) is 0 Å². The second-order valence-corrected chi connectivity index (χ2v) is 11.8. The molecule has 5 fully saturated rings. The van der Waals surface area contributed by atoms with E-state index in [0.717, 1.165) is 51.4 Å². The third-order valence-corrected chi connectivity index (χ3v) is 10.5. The third-order valence-electron chi connectivity index (χ3n) is 10.5. The molecule has 0 amide bonds. The molecule has 4 aliphatic carbocycles. The Morgan fingerprint density at radius 1 is 0.938 bits per heavy atom. The minimum absolute atomic E-state index is 0.0202. The molecule has 0 aromatic heterocycles. The van der Waals surface area contributed by atoms with Crippen LogP contribution in [0.15, 0.2) is 0 Å². The highest BCUT2D eigenvalue weighted by molar-refractivity contribution is 5.79. The zero-order valence-corrected chi connectivity index (χ0v) is 19.4. The van der Waals surface area contributed by atoms with Crippen LogP contribution in [0.2, 0.25) is 0 Å². The topological polar surface area (TPSA) is 116 Å². The molecule has 1 heterocycles. The fourth-order valence-electron chi connectivity index (χ4n) is 8.56. The first-order chi connectivity index (χ1) is 15.2. The Morgan fingerprint density at radius 2 is 1.69 bits per heavy atom. The van der Waals surface area contributed by atoms with E-state index in [4.69, 9.17) is 9.47 Å². The standard InChI is InChI=1S/C25H40O7/c1-24-9-7-14(27)11-13(24)3-4-15-16-5-6-19(25(16,2)10-8-17(15)24)32-23-22(30)21(29)20(28)18(12-26)31-23/h13,15-23,26,28-30H,3-12H2,1-2H3/t13-,15-,16-,17-,18+,19-,20+,21-,22+,23+,24-,25-/m0/s1. The van der Waals surface area contributed by atoms with Gasteiger partial charge in [0.25, 0.3) is 0 Å². The van der Waals surface area contributed by atoms with Gasteiger partial charge in [0, 0.05) is 12.8 Å². The van der Waals surface area contributed by atoms with Crippen LogP contribution in [0.5, 0.6) is 0 Å². The van der Waals surface area contributed by atoms with Crippen molar-refractivity contribution < 1.29 is 34.7 Å². The largest absolute Gasteiger partial charge is 0.394 e. The van der Waals surface area contributed by atoms with E-state index in [2.05, 4.69) is 13.8 Å². The van der Waals surface area contributed by atoms with Gasteiger partial charge < -0.3 is 29.9 Å². The van der Waals surface area contributed by atoms with Crippen molar-refractivity contribution in [1.29, 1.82) is 0 Å². The van der Waals surface area contributed by atoms with Crippen molar-refractivity contribution in [2.24, 2.45) is 34.5 Å². The molecule has 0 unspecified atom stereocenters. The van der Waals surface area contributed by atoms with Crippen molar-refractivity contribution in [3.8, 4) is 0 Å². The van der Waals surface area contributed by atoms with E-state index in [-0.39, 0.29) is 16.9 Å². The van der Waals surface area contributed by atoms with Crippen LogP contribution in [0.4, 0.5) is 0 Å². The molecule has 4 N–H and O–H groups in total. The first-order valence-corrected chi connectivity index (χ1v) is 12.7. The maximum atomic E-state index is 12.1. The van der Waals surface area contributed by atoms with Crippen LogP contribution in [0, 0.1) is 34.5 Å². The van der Waals surface area contributed by atoms with Crippen molar-refractivity contribution in [3.05, 3.63) is 0 Å². The summed E-state index contributed by atoms with van der Waals surface area (Å²) in [4.78, 5) is 12.1. The average Bonchev–Trinajstić information content (AvgIpc) is 3.10. The monoisotopic (exact) mass is 452 g/mol. The van der Waals surface area contributed by atoms with E-state index in [1.54, 1.807) is 0 Å². The van der Waals surface area contributed by atoms with Crippen molar-refractivity contribution in [2.75, 3.05) is 6.61 Å². The first-order valence-electron chi connectivity index (χ1n) is 12.7. The average molecular weight is 453 g/mol. The third kappa shape index (κ3) is 3.42. The Labute approximate surface area is 190 Å². The number of fused-ring (bicyclic) bond motifs is 5. The Morgan fingerprint density at radius 3 is 2.44 bits per heavy atom.